The van der Waals surface area contributed by atoms with Gasteiger partial charge in [0, 0.05) is 28.7 Å². The molecule has 1 aliphatic rings. The van der Waals surface area contributed by atoms with Gasteiger partial charge in [-0.2, -0.15) is 0 Å². The Morgan fingerprint density at radius 3 is 3.00 bits per heavy atom. The van der Waals surface area contributed by atoms with Crippen LogP contribution < -0.4 is 11.1 Å². The fraction of sp³-hybridized carbons (Fsp3) is 0.438. The van der Waals surface area contributed by atoms with Crippen molar-refractivity contribution in [3.05, 3.63) is 28.6 Å². The molecule has 1 aliphatic heterocycles. The largest absolute Gasteiger partial charge is 0.397 e. The van der Waals surface area contributed by atoms with Crippen LogP contribution in [0.25, 0.3) is 10.1 Å². The lowest BCUT2D eigenvalue weighted by molar-refractivity contribution is 0.0927. The van der Waals surface area contributed by atoms with Gasteiger partial charge in [0.25, 0.3) is 5.91 Å². The fourth-order valence-electron chi connectivity index (χ4n) is 2.79. The number of hydrogen-bond acceptors (Lipinski definition) is 4. The van der Waals surface area contributed by atoms with Gasteiger partial charge in [0.1, 0.15) is 4.88 Å². The first kappa shape index (κ1) is 14.4. The number of amides is 1. The minimum absolute atomic E-state index is 0.0764. The maximum atomic E-state index is 12.5. The topological polar surface area (TPSA) is 64.4 Å². The van der Waals surface area contributed by atoms with Crippen LogP contribution in [0, 0.1) is 12.8 Å². The number of nitrogens with two attached hydrogens (primary N) is 1. The highest BCUT2D eigenvalue weighted by Crippen LogP contribution is 2.35. The zero-order valence-electron chi connectivity index (χ0n) is 12.3. The number of rotatable bonds is 3. The van der Waals surface area contributed by atoms with E-state index in [1.807, 2.05) is 32.0 Å². The van der Waals surface area contributed by atoms with Gasteiger partial charge in [-0.3, -0.25) is 4.79 Å². The minimum Gasteiger partial charge on any atom is -0.397 e. The first-order valence-electron chi connectivity index (χ1n) is 7.24. The molecule has 5 heteroatoms. The second-order valence-electron chi connectivity index (χ2n) is 5.68. The van der Waals surface area contributed by atoms with E-state index in [0.717, 1.165) is 35.3 Å². The number of fused-ring (bicyclic) bond motifs is 1. The number of carbonyl (C=O) groups excluding carboxylic acids is 1. The molecule has 1 fully saturated rings. The molecule has 0 saturated carbocycles. The zero-order chi connectivity index (χ0) is 15.0. The first-order valence-corrected chi connectivity index (χ1v) is 8.05. The standard InChI is InChI=1S/C16H20N2O2S/c1-9-4-3-5-12-13(17)15(21-14(9)12)16(19)18-10(2)11-6-7-20-8-11/h3-5,10-11H,6-8,17H2,1-2H3,(H,18,19). The Morgan fingerprint density at radius 2 is 2.33 bits per heavy atom. The third kappa shape index (κ3) is 2.63. The van der Waals surface area contributed by atoms with E-state index in [4.69, 9.17) is 10.5 Å². The summed E-state index contributed by atoms with van der Waals surface area (Å²) in [7, 11) is 0. The third-order valence-corrected chi connectivity index (χ3v) is 5.54. The van der Waals surface area contributed by atoms with Gasteiger partial charge >= 0.3 is 0 Å². The molecule has 1 amide bonds. The Labute approximate surface area is 128 Å². The summed E-state index contributed by atoms with van der Waals surface area (Å²) in [6.45, 7) is 5.59. The van der Waals surface area contributed by atoms with Gasteiger partial charge < -0.3 is 15.8 Å². The van der Waals surface area contributed by atoms with Crippen molar-refractivity contribution in [2.75, 3.05) is 18.9 Å². The number of nitrogen functional groups attached to an aromatic ring is 1. The van der Waals surface area contributed by atoms with Crippen molar-refractivity contribution in [1.29, 1.82) is 0 Å². The van der Waals surface area contributed by atoms with Gasteiger partial charge in [-0.15, -0.1) is 11.3 Å². The van der Waals surface area contributed by atoms with Crippen LogP contribution in [0.3, 0.4) is 0 Å². The molecule has 2 aromatic rings. The molecule has 1 aromatic carbocycles. The van der Waals surface area contributed by atoms with Gasteiger partial charge in [-0.25, -0.2) is 0 Å². The Bertz CT molecular complexity index is 674. The van der Waals surface area contributed by atoms with Gasteiger partial charge in [-0.1, -0.05) is 18.2 Å². The summed E-state index contributed by atoms with van der Waals surface area (Å²) in [5.74, 6) is 0.318. The molecule has 0 aliphatic carbocycles. The van der Waals surface area contributed by atoms with E-state index in [1.165, 1.54) is 11.3 Å². The van der Waals surface area contributed by atoms with Crippen molar-refractivity contribution in [2.45, 2.75) is 26.3 Å². The van der Waals surface area contributed by atoms with Gasteiger partial charge in [0.05, 0.1) is 12.3 Å². The van der Waals surface area contributed by atoms with Crippen LogP contribution in [0.15, 0.2) is 18.2 Å². The zero-order valence-corrected chi connectivity index (χ0v) is 13.1. The molecular weight excluding hydrogens is 284 g/mol. The molecule has 1 saturated heterocycles. The van der Waals surface area contributed by atoms with Crippen LogP contribution in [0.1, 0.15) is 28.6 Å². The summed E-state index contributed by atoms with van der Waals surface area (Å²) >= 11 is 1.47. The third-order valence-electron chi connectivity index (χ3n) is 4.19. The van der Waals surface area contributed by atoms with Crippen LogP contribution in [0.5, 0.6) is 0 Å². The van der Waals surface area contributed by atoms with Crippen LogP contribution in [-0.2, 0) is 4.74 Å². The molecule has 1 aromatic heterocycles. The summed E-state index contributed by atoms with van der Waals surface area (Å²) < 4.78 is 6.47. The Hall–Kier alpha value is -1.59. The summed E-state index contributed by atoms with van der Waals surface area (Å²) in [6.07, 6.45) is 1.00. The van der Waals surface area contributed by atoms with Crippen molar-refractivity contribution < 1.29 is 9.53 Å². The van der Waals surface area contributed by atoms with Crippen molar-refractivity contribution >= 4 is 33.0 Å². The van der Waals surface area contributed by atoms with Crippen LogP contribution in [-0.4, -0.2) is 25.2 Å². The summed E-state index contributed by atoms with van der Waals surface area (Å²) in [5.41, 5.74) is 7.91. The number of thiophene rings is 1. The number of nitrogens with one attached hydrogen (secondary N) is 1. The van der Waals surface area contributed by atoms with Gasteiger partial charge in [-0.05, 0) is 25.8 Å². The molecule has 2 atom stereocenters. The maximum absolute atomic E-state index is 12.5. The van der Waals surface area contributed by atoms with Crippen molar-refractivity contribution in [3.63, 3.8) is 0 Å². The molecule has 0 spiro atoms. The van der Waals surface area contributed by atoms with Crippen molar-refractivity contribution in [1.82, 2.24) is 5.32 Å². The minimum atomic E-state index is -0.0764. The smallest absolute Gasteiger partial charge is 0.263 e. The number of ether oxygens (including phenoxy) is 1. The number of anilines is 1. The Morgan fingerprint density at radius 1 is 1.52 bits per heavy atom. The molecular formula is C16H20N2O2S. The summed E-state index contributed by atoms with van der Waals surface area (Å²) in [4.78, 5) is 13.1. The molecule has 21 heavy (non-hydrogen) atoms. The van der Waals surface area contributed by atoms with E-state index in [2.05, 4.69) is 5.32 Å². The second-order valence-corrected chi connectivity index (χ2v) is 6.70. The first-order chi connectivity index (χ1) is 10.1. The highest BCUT2D eigenvalue weighted by atomic mass is 32.1. The number of carbonyl (C=O) groups is 1. The Kier molecular flexibility index (Phi) is 3.87. The van der Waals surface area contributed by atoms with Gasteiger partial charge in [0.15, 0.2) is 0 Å². The second kappa shape index (κ2) is 5.66. The normalized spacial score (nSPS) is 19.8. The van der Waals surface area contributed by atoms with E-state index in [9.17, 15) is 4.79 Å². The number of aryl methyl sites for hydroxylation is 1. The predicted molar refractivity (Wildman–Crippen MR) is 86.8 cm³/mol. The quantitative estimate of drug-likeness (QED) is 0.916. The molecule has 0 radical (unpaired) electrons. The molecule has 3 rings (SSSR count). The molecule has 3 N–H and O–H groups in total. The molecule has 0 bridgehead atoms. The summed E-state index contributed by atoms with van der Waals surface area (Å²) in [6, 6.07) is 6.09. The molecule has 2 heterocycles. The summed E-state index contributed by atoms with van der Waals surface area (Å²) in [5, 5.41) is 4.04. The van der Waals surface area contributed by atoms with Crippen LogP contribution in [0.4, 0.5) is 5.69 Å². The van der Waals surface area contributed by atoms with Crippen molar-refractivity contribution in [2.24, 2.45) is 5.92 Å². The molecule has 2 unspecified atom stereocenters. The predicted octanol–water partition coefficient (Wildman–Crippen LogP) is 2.95. The van der Waals surface area contributed by atoms with Crippen LogP contribution >= 0.6 is 11.3 Å². The number of benzene rings is 1. The average Bonchev–Trinajstić information content (AvgIpc) is 3.08. The van der Waals surface area contributed by atoms with E-state index in [1.54, 1.807) is 0 Å². The maximum Gasteiger partial charge on any atom is 0.263 e. The lowest BCUT2D eigenvalue weighted by Crippen LogP contribution is -2.38. The van der Waals surface area contributed by atoms with Crippen molar-refractivity contribution in [3.8, 4) is 0 Å². The van der Waals surface area contributed by atoms with Gasteiger partial charge in [0.2, 0.25) is 0 Å². The molecule has 4 nitrogen and oxygen atoms in total. The van der Waals surface area contributed by atoms with E-state index < -0.39 is 0 Å². The lowest BCUT2D eigenvalue weighted by Gasteiger charge is -2.18. The average molecular weight is 304 g/mol. The fourth-order valence-corrected chi connectivity index (χ4v) is 3.88. The lowest BCUT2D eigenvalue weighted by atomic mass is 10.0. The highest BCUT2D eigenvalue weighted by Gasteiger charge is 2.25. The Balaban J connectivity index is 1.84. The SMILES string of the molecule is Cc1cccc2c(N)c(C(=O)NC(C)C3CCOC3)sc12. The highest BCUT2D eigenvalue weighted by molar-refractivity contribution is 7.21. The van der Waals surface area contributed by atoms with Crippen LogP contribution in [0.2, 0.25) is 0 Å². The molecule has 112 valence electrons. The number of hydrogen-bond donors (Lipinski definition) is 2. The van der Waals surface area contributed by atoms with E-state index >= 15 is 0 Å². The monoisotopic (exact) mass is 304 g/mol. The van der Waals surface area contributed by atoms with E-state index in [-0.39, 0.29) is 11.9 Å². The van der Waals surface area contributed by atoms with E-state index in [0.29, 0.717) is 16.5 Å².